The molecule has 5 radical (unpaired) electrons. The topological polar surface area (TPSA) is 32.4 Å². The predicted octanol–water partition coefficient (Wildman–Crippen LogP) is 18.7. The molecule has 5 aliphatic heterocycles. The minimum atomic E-state index is 0. The molecule has 10 nitrogen and oxygen atoms in total. The Morgan fingerprint density at radius 2 is 0.654 bits per heavy atom. The van der Waals surface area contributed by atoms with E-state index in [2.05, 4.69) is 412 Å². The monoisotopic (exact) mass is 2280 g/mol. The number of anilines is 7. The number of para-hydroxylation sites is 5. The summed E-state index contributed by atoms with van der Waals surface area (Å²) in [4.78, 5) is 23.4. The molecule has 0 aromatic heterocycles. The van der Waals surface area contributed by atoms with Gasteiger partial charge in [-0.3, -0.25) is 0 Å². The molecule has 563 valence electrons. The van der Waals surface area contributed by atoms with Crippen LogP contribution in [0.25, 0.3) is 0 Å². The van der Waals surface area contributed by atoms with Crippen LogP contribution in [0.2, 0.25) is 96.8 Å². The van der Waals surface area contributed by atoms with Gasteiger partial charge in [-0.05, 0) is 57.9 Å². The van der Waals surface area contributed by atoms with Crippen molar-refractivity contribution in [3.63, 3.8) is 0 Å². The zero-order valence-corrected chi connectivity index (χ0v) is 78.7. The summed E-state index contributed by atoms with van der Waals surface area (Å²) in [5, 5.41) is 0. The molecule has 0 spiro atoms. The fraction of sp³-hybridized carbons (Fsp3) is 0.405. The Morgan fingerprint density at radius 1 is 0.337 bits per heavy atom. The van der Waals surface area contributed by atoms with Gasteiger partial charge in [0.25, 0.3) is 0 Å². The van der Waals surface area contributed by atoms with Crippen LogP contribution >= 0.6 is 0 Å². The van der Waals surface area contributed by atoms with Crippen LogP contribution in [0, 0.1) is 82.9 Å². The summed E-state index contributed by atoms with van der Waals surface area (Å²) < 4.78 is 0. The average molecular weight is 2270 g/mol. The molecule has 5 unspecified atom stereocenters. The molecule has 25 heteroatoms. The molecule has 5 heterocycles. The molecule has 7 aromatic rings. The van der Waals surface area contributed by atoms with Gasteiger partial charge in [-0.25, -0.2) is 20.0 Å². The fourth-order valence-electron chi connectivity index (χ4n) is 15.0. The van der Waals surface area contributed by atoms with Gasteiger partial charge in [0, 0.05) is 101 Å². The predicted molar refractivity (Wildman–Crippen MR) is 447 cm³/mol. The van der Waals surface area contributed by atoms with Crippen LogP contribution in [0.5, 0.6) is 0 Å². The van der Waals surface area contributed by atoms with Gasteiger partial charge in [0.05, 0.1) is 0 Å². The largest absolute Gasteiger partial charge is 0.575 e. The summed E-state index contributed by atoms with van der Waals surface area (Å²) in [6, 6.07) is 73.5. The van der Waals surface area contributed by atoms with Crippen LogP contribution in [-0.4, -0.2) is 104 Å². The average Bonchev–Trinajstić information content (AvgIpc) is 0.767. The van der Waals surface area contributed by atoms with E-state index >= 15 is 0 Å². The van der Waals surface area contributed by atoms with E-state index in [1.807, 2.05) is 36.4 Å². The Balaban J connectivity index is 0.000000336. The Morgan fingerprint density at radius 3 is 1.03 bits per heavy atom. The molecule has 5 fully saturated rings. The van der Waals surface area contributed by atoms with Crippen molar-refractivity contribution in [1.82, 2.24) is 14.4 Å². The maximum absolute atomic E-state index is 3.43. The molecule has 7 aromatic carbocycles. The summed E-state index contributed by atoms with van der Waals surface area (Å²) in [6.45, 7) is 66.7. The van der Waals surface area contributed by atoms with Crippen LogP contribution in [0.3, 0.4) is 0 Å². The van der Waals surface area contributed by atoms with Crippen molar-refractivity contribution in [3.05, 3.63) is 244 Å². The maximum Gasteiger partial charge on any atom is 0.219 e. The molecule has 0 N–H and O–H groups in total. The third-order valence-electron chi connectivity index (χ3n) is 23.0. The fourth-order valence-corrected chi connectivity index (χ4v) is 15.0. The van der Waals surface area contributed by atoms with Crippen LogP contribution in [0.1, 0.15) is 85.9 Å². The van der Waals surface area contributed by atoms with Gasteiger partial charge >= 0.3 is 0 Å². The van der Waals surface area contributed by atoms with Crippen molar-refractivity contribution in [3.8, 4) is 0 Å². The quantitative estimate of drug-likeness (QED) is 0.114. The third kappa shape index (κ3) is 23.7. The number of aryl methyl sites for hydroxylation is 2. The maximum atomic E-state index is 3.43. The number of hydrogen-bond donors (Lipinski definition) is 0. The second-order valence-corrected chi connectivity index (χ2v) is 31.5. The summed E-state index contributed by atoms with van der Waals surface area (Å²) in [6.07, 6.45) is 0. The zero-order chi connectivity index (χ0) is 72.4. The van der Waals surface area contributed by atoms with Crippen molar-refractivity contribution in [2.75, 3.05) is 54.8 Å². The summed E-state index contributed by atoms with van der Waals surface area (Å²) in [5.74, 6) is 0. The van der Waals surface area contributed by atoms with Crippen molar-refractivity contribution < 1.29 is 101 Å². The summed E-state index contributed by atoms with van der Waals surface area (Å²) >= 11 is 0. The molecule has 5 aliphatic rings. The first kappa shape index (κ1) is 95.1. The first-order valence-electron chi connectivity index (χ1n) is 36.7. The number of rotatable bonds is 7. The Hall–Kier alpha value is -3.08. The van der Waals surface area contributed by atoms with Crippen molar-refractivity contribution in [1.29, 1.82) is 0 Å². The Kier molecular flexibility index (Phi) is 39.3. The smallest absolute Gasteiger partial charge is 0.219 e. The van der Waals surface area contributed by atoms with Crippen molar-refractivity contribution in [2.24, 2.45) is 5.41 Å². The van der Waals surface area contributed by atoms with E-state index in [1.165, 1.54) is 39.4 Å². The molecule has 104 heavy (non-hydrogen) atoms. The number of nitrogens with zero attached hydrogens (tertiary/aromatic N) is 10. The van der Waals surface area contributed by atoms with Gasteiger partial charge in [0.2, 0.25) is 47.9 Å². The number of hydrogen-bond acceptors (Lipinski definition) is 10. The third-order valence-corrected chi connectivity index (χ3v) is 23.0. The van der Waals surface area contributed by atoms with Crippen molar-refractivity contribution in [2.45, 2.75) is 185 Å². The standard InChI is InChI=1S/C20H26B2N2.C17H20B2N2.C16H26B2N2.C14H22B2N2.C12H18B2N2.5Ir/c1-20(2,3)19-21(4)23(17-12-8-6-9-13-17)16-24(22(19)5)18-14-10-7-11-15-18;1-15-18(2)20(16-10-6-4-7-11-16)14-21(19(15)3)17-12-8-5-9-13-17;1-13-17(5)19(7)12-20(18(13)6)15-10-8-9-14(11-15)16(2,3)4;1-11-7-8-14(12(2)9-11)18-10-17(6)15(4)13(3)16(18)5;1-11-13(2)15(4)10-16(14(11)3)12-8-6-5-7-9-12;;;;;/h6-14,16,19H,1-5H3;4-12,14-15H,1-3H3;8-9,11-13H,1-7H3;7,9-10,13H,1-6H3;5-8,10-11H,1-4H3;;;;;/q5*-2;;;;;. The van der Waals surface area contributed by atoms with Gasteiger partial charge in [0.15, 0.2) is 20.5 Å². The van der Waals surface area contributed by atoms with Gasteiger partial charge in [0.1, 0.15) is 0 Å². The molecule has 0 aliphatic carbocycles. The Labute approximate surface area is 706 Å². The van der Waals surface area contributed by atoms with E-state index in [0.29, 0.717) is 97.1 Å². The molecule has 5 saturated heterocycles. The molecule has 12 rings (SSSR count). The SMILES string of the molecule is CB1C(C(C)(C)C)B(C)N(c2ccccc2)[CH-]N1c1[c-]cccc1.CB1C(C)B(C)N(c2[c-]cc(C)cc2C)[CH-]N1C.CB1C(C)B(C)N(c2[c-]ccc(C(C)(C)C)c2)[CH-]N1C.CB1C(C)B(C)N(c2[c-]cccc2)[CH-]N1C.CB1C(C)B(C)N(c2ccccc2)[CH-]N1c1[c-]cccc1.[Ir].[Ir].[Ir].[Ir].[Ir]. The van der Waals surface area contributed by atoms with Gasteiger partial charge in [-0.1, -0.05) is 226 Å². The molecule has 5 atom stereocenters. The second-order valence-electron chi connectivity index (χ2n) is 31.5. The van der Waals surface area contributed by atoms with Crippen LogP contribution < -0.4 is 33.7 Å². The van der Waals surface area contributed by atoms with E-state index in [1.54, 1.807) is 0 Å². The van der Waals surface area contributed by atoms with Gasteiger partial charge < -0.3 is 48.1 Å². The minimum absolute atomic E-state index is 0. The van der Waals surface area contributed by atoms with E-state index in [-0.39, 0.29) is 111 Å². The van der Waals surface area contributed by atoms with Gasteiger partial charge in [-0.2, -0.15) is 152 Å². The van der Waals surface area contributed by atoms with E-state index in [0.717, 1.165) is 17.1 Å². The van der Waals surface area contributed by atoms with Crippen molar-refractivity contribution >= 4 is 108 Å². The van der Waals surface area contributed by atoms with Crippen LogP contribution in [0.4, 0.5) is 39.8 Å². The summed E-state index contributed by atoms with van der Waals surface area (Å²) in [5.41, 5.74) is 15.6. The molecular formula is C79H112B10Ir5N10-10. The van der Waals surface area contributed by atoms with E-state index in [9.17, 15) is 0 Å². The molecule has 0 bridgehead atoms. The first-order valence-corrected chi connectivity index (χ1v) is 36.7. The van der Waals surface area contributed by atoms with Crippen LogP contribution in [0.15, 0.2) is 164 Å². The normalized spacial score (nSPS) is 19.6. The first-order chi connectivity index (χ1) is 46.8. The minimum Gasteiger partial charge on any atom is -0.575 e. The van der Waals surface area contributed by atoms with Gasteiger partial charge in [-0.15, -0.1) is 40.1 Å². The Bertz CT molecular complexity index is 3470. The van der Waals surface area contributed by atoms with E-state index in [4.69, 9.17) is 0 Å². The summed E-state index contributed by atoms with van der Waals surface area (Å²) in [7, 11) is 6.46. The van der Waals surface area contributed by atoms with E-state index < -0.39 is 0 Å². The second kappa shape index (κ2) is 42.9. The number of benzene rings is 7. The molecule has 0 amide bonds. The molecule has 0 saturated carbocycles. The molecular weight excluding hydrogens is 2160 g/mol. The zero-order valence-electron chi connectivity index (χ0n) is 66.8. The van der Waals surface area contributed by atoms with Crippen LogP contribution in [-0.2, 0) is 106 Å².